The molecule has 0 radical (unpaired) electrons. The number of aromatic amines is 1. The minimum atomic E-state index is -0.973. The molecule has 4 N–H and O–H groups in total. The molecule has 2 unspecified atom stereocenters. The van der Waals surface area contributed by atoms with Gasteiger partial charge < -0.3 is 20.3 Å². The molecule has 0 saturated carbocycles. The first-order valence-electron chi connectivity index (χ1n) is 5.98. The van der Waals surface area contributed by atoms with Gasteiger partial charge in [-0.15, -0.1) is 0 Å². The number of fused-ring (bicyclic) bond motifs is 2. The molecule has 8 nitrogen and oxygen atoms in total. The summed E-state index contributed by atoms with van der Waals surface area (Å²) in [6, 6.07) is 0. The van der Waals surface area contributed by atoms with Crippen LogP contribution < -0.4 is 17.0 Å². The highest BCUT2D eigenvalue weighted by Gasteiger charge is 2.61. The van der Waals surface area contributed by atoms with Crippen LogP contribution in [0.15, 0.2) is 15.8 Å². The van der Waals surface area contributed by atoms with E-state index in [1.165, 1.54) is 10.8 Å². The number of aryl methyl sites for hydroxylation is 1. The minimum Gasteiger partial charge on any atom is -0.387 e. The Hall–Kier alpha value is -1.48. The Labute approximate surface area is 107 Å². The van der Waals surface area contributed by atoms with Gasteiger partial charge in [0, 0.05) is 18.3 Å². The Morgan fingerprint density at radius 3 is 3.00 bits per heavy atom. The third kappa shape index (κ3) is 1.61. The molecule has 3 rings (SSSR count). The molecule has 2 aliphatic heterocycles. The molecule has 8 heteroatoms. The summed E-state index contributed by atoms with van der Waals surface area (Å²) in [6.07, 6.45) is -0.934. The number of nitrogens with zero attached hydrogens (tertiary/aromatic N) is 1. The standard InChI is InChI=1S/C11H15N3O5/c1-5-2-14(10(17)13-8(5)16)9-6-7(15)11(3-12,19-9)4-18-6/h2,6-7,9,15H,3-4,12H2,1H3,(H,13,16,17)/t6?,7?,9-,11+/m1/s1. The van der Waals surface area contributed by atoms with Gasteiger partial charge in [0.05, 0.1) is 6.61 Å². The van der Waals surface area contributed by atoms with Crippen molar-refractivity contribution in [2.45, 2.75) is 31.0 Å². The largest absolute Gasteiger partial charge is 0.387 e. The maximum atomic E-state index is 11.8. The fraction of sp³-hybridized carbons (Fsp3) is 0.636. The summed E-state index contributed by atoms with van der Waals surface area (Å²) in [6.45, 7) is 1.87. The third-order valence-electron chi connectivity index (χ3n) is 3.77. The van der Waals surface area contributed by atoms with Gasteiger partial charge in [0.2, 0.25) is 0 Å². The van der Waals surface area contributed by atoms with Crippen LogP contribution in [0.25, 0.3) is 0 Å². The van der Waals surface area contributed by atoms with Crippen LogP contribution in [0.4, 0.5) is 0 Å². The number of hydrogen-bond acceptors (Lipinski definition) is 6. The molecule has 1 aromatic heterocycles. The van der Waals surface area contributed by atoms with Crippen LogP contribution in [-0.2, 0) is 9.47 Å². The topological polar surface area (TPSA) is 120 Å². The van der Waals surface area contributed by atoms with Crippen molar-refractivity contribution in [3.63, 3.8) is 0 Å². The quantitative estimate of drug-likeness (QED) is 0.562. The number of nitrogens with one attached hydrogen (secondary N) is 1. The van der Waals surface area contributed by atoms with E-state index in [1.54, 1.807) is 6.92 Å². The van der Waals surface area contributed by atoms with Crippen LogP contribution in [0.2, 0.25) is 0 Å². The van der Waals surface area contributed by atoms with Crippen LogP contribution in [0, 0.1) is 6.92 Å². The van der Waals surface area contributed by atoms with Crippen LogP contribution in [-0.4, -0.2) is 45.6 Å². The van der Waals surface area contributed by atoms with Gasteiger partial charge in [0.1, 0.15) is 17.8 Å². The molecule has 104 valence electrons. The lowest BCUT2D eigenvalue weighted by Gasteiger charge is -2.30. The maximum Gasteiger partial charge on any atom is 0.330 e. The van der Waals surface area contributed by atoms with E-state index in [0.717, 1.165) is 0 Å². The second-order valence-corrected chi connectivity index (χ2v) is 4.98. The Morgan fingerprint density at radius 1 is 1.63 bits per heavy atom. The molecule has 4 atom stereocenters. The van der Waals surface area contributed by atoms with Gasteiger partial charge in [-0.05, 0) is 6.92 Å². The van der Waals surface area contributed by atoms with Crippen molar-refractivity contribution in [3.8, 4) is 0 Å². The molecule has 2 aliphatic rings. The number of aromatic nitrogens is 2. The molecule has 2 saturated heterocycles. The zero-order valence-electron chi connectivity index (χ0n) is 10.3. The molecule has 1 aromatic rings. The number of aliphatic hydroxyl groups excluding tert-OH is 1. The Morgan fingerprint density at radius 2 is 2.37 bits per heavy atom. The lowest BCUT2D eigenvalue weighted by Crippen LogP contribution is -2.47. The highest BCUT2D eigenvalue weighted by atomic mass is 16.6. The van der Waals surface area contributed by atoms with E-state index in [2.05, 4.69) is 4.98 Å². The van der Waals surface area contributed by atoms with Crippen molar-refractivity contribution in [3.05, 3.63) is 32.6 Å². The minimum absolute atomic E-state index is 0.0955. The van der Waals surface area contributed by atoms with Gasteiger partial charge in [-0.2, -0.15) is 0 Å². The molecule has 0 aliphatic carbocycles. The van der Waals surface area contributed by atoms with Gasteiger partial charge in [0.25, 0.3) is 5.56 Å². The fourth-order valence-corrected chi connectivity index (χ4v) is 2.58. The monoisotopic (exact) mass is 269 g/mol. The molecule has 2 bridgehead atoms. The highest BCUT2D eigenvalue weighted by molar-refractivity contribution is 5.09. The number of ether oxygens (including phenoxy) is 2. The normalized spacial score (nSPS) is 36.9. The van der Waals surface area contributed by atoms with Crippen molar-refractivity contribution in [1.82, 2.24) is 9.55 Å². The van der Waals surface area contributed by atoms with Crippen molar-refractivity contribution < 1.29 is 14.6 Å². The summed E-state index contributed by atoms with van der Waals surface area (Å²) in [7, 11) is 0. The second kappa shape index (κ2) is 4.01. The summed E-state index contributed by atoms with van der Waals surface area (Å²) in [5.74, 6) is 0. The molecule has 0 amide bonds. The van der Waals surface area contributed by atoms with Gasteiger partial charge in [-0.1, -0.05) is 0 Å². The van der Waals surface area contributed by atoms with Crippen molar-refractivity contribution in [1.29, 1.82) is 0 Å². The summed E-state index contributed by atoms with van der Waals surface area (Å²) in [5, 5.41) is 10.1. The van der Waals surface area contributed by atoms with Crippen molar-refractivity contribution in [2.75, 3.05) is 13.2 Å². The zero-order chi connectivity index (χ0) is 13.8. The average Bonchev–Trinajstić information content (AvgIpc) is 2.85. The molecule has 0 spiro atoms. The first-order valence-corrected chi connectivity index (χ1v) is 5.98. The van der Waals surface area contributed by atoms with E-state index < -0.39 is 35.3 Å². The van der Waals surface area contributed by atoms with E-state index in [-0.39, 0.29) is 13.2 Å². The van der Waals surface area contributed by atoms with Crippen LogP contribution in [0.1, 0.15) is 11.8 Å². The zero-order valence-corrected chi connectivity index (χ0v) is 10.3. The number of rotatable bonds is 2. The number of hydrogen-bond donors (Lipinski definition) is 3. The van der Waals surface area contributed by atoms with E-state index >= 15 is 0 Å². The highest BCUT2D eigenvalue weighted by Crippen LogP contribution is 2.43. The molecule has 2 fully saturated rings. The number of aliphatic hydroxyl groups is 1. The Balaban J connectivity index is 2.04. The van der Waals surface area contributed by atoms with Crippen molar-refractivity contribution >= 4 is 0 Å². The SMILES string of the molecule is Cc1cn([C@@H]2O[C@@]3(CN)COC2C3O)c(=O)[nH]c1=O. The van der Waals surface area contributed by atoms with E-state index in [0.29, 0.717) is 5.56 Å². The summed E-state index contributed by atoms with van der Waals surface area (Å²) in [4.78, 5) is 25.3. The molecular formula is C11H15N3O5. The third-order valence-corrected chi connectivity index (χ3v) is 3.77. The molecule has 19 heavy (non-hydrogen) atoms. The lowest BCUT2D eigenvalue weighted by molar-refractivity contribution is -0.170. The predicted octanol–water partition coefficient (Wildman–Crippen LogP) is -2.17. The van der Waals surface area contributed by atoms with Crippen molar-refractivity contribution in [2.24, 2.45) is 5.73 Å². The van der Waals surface area contributed by atoms with Gasteiger partial charge in [-0.3, -0.25) is 14.3 Å². The predicted molar refractivity (Wildman–Crippen MR) is 63.7 cm³/mol. The van der Waals surface area contributed by atoms with E-state index in [1.807, 2.05) is 0 Å². The van der Waals surface area contributed by atoms with E-state index in [9.17, 15) is 14.7 Å². The van der Waals surface area contributed by atoms with Crippen LogP contribution in [0.3, 0.4) is 0 Å². The Kier molecular flexibility index (Phi) is 2.65. The molecular weight excluding hydrogens is 254 g/mol. The summed E-state index contributed by atoms with van der Waals surface area (Å²) in [5.41, 5.74) is 3.98. The summed E-state index contributed by atoms with van der Waals surface area (Å²) >= 11 is 0. The fourth-order valence-electron chi connectivity index (χ4n) is 2.58. The lowest BCUT2D eigenvalue weighted by atomic mass is 10.00. The van der Waals surface area contributed by atoms with Gasteiger partial charge in [-0.25, -0.2) is 4.79 Å². The first kappa shape index (κ1) is 12.5. The van der Waals surface area contributed by atoms with E-state index in [4.69, 9.17) is 15.2 Å². The first-order chi connectivity index (χ1) is 8.98. The second-order valence-electron chi connectivity index (χ2n) is 4.98. The maximum absolute atomic E-state index is 11.8. The molecule has 3 heterocycles. The number of H-pyrrole nitrogens is 1. The van der Waals surface area contributed by atoms with Crippen LogP contribution >= 0.6 is 0 Å². The number of nitrogens with two attached hydrogens (primary N) is 1. The summed E-state index contributed by atoms with van der Waals surface area (Å²) < 4.78 is 12.4. The smallest absolute Gasteiger partial charge is 0.330 e. The Bertz CT molecular complexity index is 623. The van der Waals surface area contributed by atoms with Crippen LogP contribution in [0.5, 0.6) is 0 Å². The van der Waals surface area contributed by atoms with Gasteiger partial charge >= 0.3 is 5.69 Å². The van der Waals surface area contributed by atoms with Gasteiger partial charge in [0.15, 0.2) is 6.23 Å². The average molecular weight is 269 g/mol. The molecule has 0 aromatic carbocycles.